The van der Waals surface area contributed by atoms with E-state index < -0.39 is 17.7 Å². The van der Waals surface area contributed by atoms with Crippen molar-refractivity contribution in [3.8, 4) is 0 Å². The fourth-order valence-corrected chi connectivity index (χ4v) is 3.17. The number of benzene rings is 1. The van der Waals surface area contributed by atoms with Crippen molar-refractivity contribution in [2.75, 3.05) is 11.9 Å². The zero-order valence-corrected chi connectivity index (χ0v) is 14.6. The van der Waals surface area contributed by atoms with Gasteiger partial charge in [-0.15, -0.1) is 11.3 Å². The van der Waals surface area contributed by atoms with Gasteiger partial charge in [-0.25, -0.2) is 9.37 Å². The van der Waals surface area contributed by atoms with E-state index in [0.29, 0.717) is 33.2 Å². The topological polar surface area (TPSA) is 99.9 Å². The molecular weight excluding hydrogens is 367 g/mol. The van der Waals surface area contributed by atoms with E-state index in [-0.39, 0.29) is 12.0 Å². The minimum atomic E-state index is -0.565. The van der Waals surface area contributed by atoms with Crippen molar-refractivity contribution in [3.63, 3.8) is 0 Å². The van der Waals surface area contributed by atoms with Gasteiger partial charge in [0, 0.05) is 5.38 Å². The molecule has 3 N–H and O–H groups in total. The summed E-state index contributed by atoms with van der Waals surface area (Å²) in [5, 5.41) is 4.55. The summed E-state index contributed by atoms with van der Waals surface area (Å²) in [4.78, 5) is 33.7. The third-order valence-electron chi connectivity index (χ3n) is 3.24. The lowest BCUT2D eigenvalue weighted by Crippen LogP contribution is -2.13. The van der Waals surface area contributed by atoms with Gasteiger partial charge >= 0.3 is 5.97 Å². The lowest BCUT2D eigenvalue weighted by atomic mass is 10.1. The van der Waals surface area contributed by atoms with Crippen LogP contribution in [-0.4, -0.2) is 33.4 Å². The SMILES string of the molecule is CCOC(=O)Cc1csc(NC(=O)c2cc(F)cc3[nH]c(=S)[nH]c23)n1. The Balaban J connectivity index is 1.80. The number of amides is 1. The van der Waals surface area contributed by atoms with Gasteiger partial charge < -0.3 is 14.7 Å². The predicted octanol–water partition coefficient (Wildman–Crippen LogP) is 3.18. The molecular formula is C15H13FN4O3S2. The van der Waals surface area contributed by atoms with Crippen LogP contribution in [0.1, 0.15) is 23.0 Å². The molecule has 0 aliphatic heterocycles. The Kier molecular flexibility index (Phi) is 4.91. The summed E-state index contributed by atoms with van der Waals surface area (Å²) >= 11 is 6.14. The fourth-order valence-electron chi connectivity index (χ4n) is 2.26. The van der Waals surface area contributed by atoms with Gasteiger partial charge in [0.2, 0.25) is 0 Å². The molecule has 3 aromatic rings. The van der Waals surface area contributed by atoms with Crippen molar-refractivity contribution in [1.29, 1.82) is 0 Å². The second-order valence-corrected chi connectivity index (χ2v) is 6.30. The third kappa shape index (κ3) is 3.91. The zero-order valence-electron chi connectivity index (χ0n) is 13.0. The largest absolute Gasteiger partial charge is 0.466 e. The highest BCUT2D eigenvalue weighted by atomic mass is 32.1. The second kappa shape index (κ2) is 7.11. The average Bonchev–Trinajstić information content (AvgIpc) is 3.12. The number of rotatable bonds is 5. The smallest absolute Gasteiger partial charge is 0.311 e. The number of ether oxygens (including phenoxy) is 1. The van der Waals surface area contributed by atoms with E-state index in [1.54, 1.807) is 12.3 Å². The molecule has 0 aliphatic rings. The van der Waals surface area contributed by atoms with Crippen molar-refractivity contribution in [2.24, 2.45) is 0 Å². The molecule has 0 spiro atoms. The number of nitrogens with zero attached hydrogens (tertiary/aromatic N) is 1. The number of thiazole rings is 1. The molecule has 2 heterocycles. The van der Waals surface area contributed by atoms with Gasteiger partial charge in [-0.1, -0.05) is 0 Å². The molecule has 0 aliphatic carbocycles. The number of nitrogens with one attached hydrogen (secondary N) is 3. The van der Waals surface area contributed by atoms with E-state index in [0.717, 1.165) is 17.4 Å². The van der Waals surface area contributed by atoms with Crippen LogP contribution in [0.15, 0.2) is 17.5 Å². The highest BCUT2D eigenvalue weighted by molar-refractivity contribution is 7.71. The molecule has 0 saturated heterocycles. The van der Waals surface area contributed by atoms with E-state index >= 15 is 0 Å². The second-order valence-electron chi connectivity index (χ2n) is 5.03. The van der Waals surface area contributed by atoms with Crippen molar-refractivity contribution in [3.05, 3.63) is 39.4 Å². The lowest BCUT2D eigenvalue weighted by Gasteiger charge is -2.03. The highest BCUT2D eigenvalue weighted by Crippen LogP contribution is 2.21. The van der Waals surface area contributed by atoms with E-state index in [1.807, 2.05) is 0 Å². The molecule has 130 valence electrons. The van der Waals surface area contributed by atoms with E-state index in [2.05, 4.69) is 20.3 Å². The first-order valence-corrected chi connectivity index (χ1v) is 8.58. The summed E-state index contributed by atoms with van der Waals surface area (Å²) in [5.41, 5.74) is 1.40. The third-order valence-corrected chi connectivity index (χ3v) is 4.25. The molecule has 0 unspecified atom stereocenters. The van der Waals surface area contributed by atoms with E-state index in [4.69, 9.17) is 17.0 Å². The normalized spacial score (nSPS) is 10.8. The predicted molar refractivity (Wildman–Crippen MR) is 93.8 cm³/mol. The molecule has 1 aromatic carbocycles. The van der Waals surface area contributed by atoms with Crippen LogP contribution >= 0.6 is 23.6 Å². The minimum absolute atomic E-state index is 0.0231. The van der Waals surface area contributed by atoms with Crippen LogP contribution in [0.25, 0.3) is 11.0 Å². The number of aromatic amines is 2. The number of fused-ring (bicyclic) bond motifs is 1. The van der Waals surface area contributed by atoms with Crippen molar-refractivity contribution in [1.82, 2.24) is 15.0 Å². The first-order chi connectivity index (χ1) is 12.0. The van der Waals surface area contributed by atoms with Gasteiger partial charge in [-0.2, -0.15) is 0 Å². The van der Waals surface area contributed by atoms with Crippen LogP contribution < -0.4 is 5.32 Å². The quantitative estimate of drug-likeness (QED) is 0.466. The molecule has 0 radical (unpaired) electrons. The molecule has 0 atom stereocenters. The molecule has 7 nitrogen and oxygen atoms in total. The van der Waals surface area contributed by atoms with Gasteiger partial charge in [0.15, 0.2) is 9.90 Å². The number of H-pyrrole nitrogens is 2. The summed E-state index contributed by atoms with van der Waals surface area (Å²) < 4.78 is 18.9. The summed E-state index contributed by atoms with van der Waals surface area (Å²) in [5.74, 6) is -1.49. The van der Waals surface area contributed by atoms with Crippen molar-refractivity contribution < 1.29 is 18.7 Å². The van der Waals surface area contributed by atoms with E-state index in [1.165, 1.54) is 6.07 Å². The number of hydrogen-bond donors (Lipinski definition) is 3. The number of esters is 1. The monoisotopic (exact) mass is 380 g/mol. The number of hydrogen-bond acceptors (Lipinski definition) is 6. The van der Waals surface area contributed by atoms with Crippen LogP contribution in [0.4, 0.5) is 9.52 Å². The fraction of sp³-hybridized carbons (Fsp3) is 0.200. The first-order valence-electron chi connectivity index (χ1n) is 7.29. The van der Waals surface area contributed by atoms with E-state index in [9.17, 15) is 14.0 Å². The van der Waals surface area contributed by atoms with Crippen LogP contribution in [0.5, 0.6) is 0 Å². The van der Waals surface area contributed by atoms with Crippen LogP contribution in [0.2, 0.25) is 0 Å². The molecule has 0 saturated carbocycles. The van der Waals surface area contributed by atoms with Gasteiger partial charge in [0.25, 0.3) is 5.91 Å². The molecule has 0 fully saturated rings. The Morgan fingerprint density at radius 3 is 2.96 bits per heavy atom. The van der Waals surface area contributed by atoms with Gasteiger partial charge in [0.1, 0.15) is 5.82 Å². The lowest BCUT2D eigenvalue weighted by molar-refractivity contribution is -0.142. The zero-order chi connectivity index (χ0) is 18.0. The Morgan fingerprint density at radius 1 is 1.40 bits per heavy atom. The van der Waals surface area contributed by atoms with Crippen molar-refractivity contribution in [2.45, 2.75) is 13.3 Å². The summed E-state index contributed by atoms with van der Waals surface area (Å²) in [6.45, 7) is 2.01. The Labute approximate surface area is 150 Å². The number of aromatic nitrogens is 3. The van der Waals surface area contributed by atoms with Gasteiger partial charge in [0.05, 0.1) is 35.3 Å². The summed E-state index contributed by atoms with van der Waals surface area (Å²) in [6, 6.07) is 2.36. The standard InChI is InChI=1S/C15H13FN4O3S2/c1-2-23-11(21)5-8-6-25-15(17-8)20-13(22)9-3-7(16)4-10-12(9)19-14(24)18-10/h3-4,6H,2,5H2,1H3,(H,17,20,22)(H2,18,19,24). The number of carbonyl (C=O) groups is 2. The van der Waals surface area contributed by atoms with Crippen LogP contribution in [0.3, 0.4) is 0 Å². The molecule has 2 aromatic heterocycles. The maximum Gasteiger partial charge on any atom is 0.311 e. The Morgan fingerprint density at radius 2 is 2.20 bits per heavy atom. The highest BCUT2D eigenvalue weighted by Gasteiger charge is 2.16. The van der Waals surface area contributed by atoms with Gasteiger partial charge in [-0.3, -0.25) is 14.9 Å². The van der Waals surface area contributed by atoms with Crippen LogP contribution in [-0.2, 0) is 16.0 Å². The number of anilines is 1. The van der Waals surface area contributed by atoms with Crippen LogP contribution in [0, 0.1) is 10.6 Å². The summed E-state index contributed by atoms with van der Waals surface area (Å²) in [7, 11) is 0. The molecule has 0 bridgehead atoms. The van der Waals surface area contributed by atoms with Crippen molar-refractivity contribution >= 4 is 51.6 Å². The average molecular weight is 380 g/mol. The minimum Gasteiger partial charge on any atom is -0.466 e. The number of halogens is 1. The molecule has 10 heteroatoms. The number of carbonyl (C=O) groups excluding carboxylic acids is 2. The maximum absolute atomic E-state index is 13.7. The molecule has 1 amide bonds. The Bertz CT molecular complexity index is 1010. The molecule has 25 heavy (non-hydrogen) atoms. The number of imidazole rings is 1. The summed E-state index contributed by atoms with van der Waals surface area (Å²) in [6.07, 6.45) is 0.0231. The maximum atomic E-state index is 13.7. The first kappa shape index (κ1) is 17.2. The van der Waals surface area contributed by atoms with Gasteiger partial charge in [-0.05, 0) is 31.3 Å². The Hall–Kier alpha value is -2.59. The molecule has 3 rings (SSSR count).